The number of aliphatic imine (C=N–C) groups is 2. The van der Waals surface area contributed by atoms with Crippen LogP contribution in [-0.4, -0.2) is 207 Å². The summed E-state index contributed by atoms with van der Waals surface area (Å²) in [6.07, 6.45) is 0.761. The minimum atomic E-state index is -1.61. The number of amides is 8. The van der Waals surface area contributed by atoms with Gasteiger partial charge in [-0.15, -0.1) is 0 Å². The van der Waals surface area contributed by atoms with E-state index >= 15 is 0 Å². The highest BCUT2D eigenvalue weighted by Crippen LogP contribution is 2.26. The lowest BCUT2D eigenvalue weighted by molar-refractivity contribution is -0.147. The summed E-state index contributed by atoms with van der Waals surface area (Å²) in [5, 5.41) is 51.2. The molecule has 3 aliphatic rings. The Hall–Kier alpha value is -8.44. The monoisotopic (exact) mass is 1140 g/mol. The number of β-amino-alcohol motifs (C(OH)–C–C–N with tert-alkyl or cyclic N) is 1. The van der Waals surface area contributed by atoms with Crippen LogP contribution in [0.1, 0.15) is 75.8 Å². The average molecular weight is 1140 g/mol. The molecule has 0 aliphatic carbocycles. The number of aliphatic carboxylic acids is 2. The number of aliphatic hydroxyl groups excluding tert-OH is 2. The Balaban J connectivity index is 0.00000341. The molecule has 0 saturated carbocycles. The van der Waals surface area contributed by atoms with Crippen LogP contribution in [0.5, 0.6) is 0 Å². The molecule has 3 saturated heterocycles. The summed E-state index contributed by atoms with van der Waals surface area (Å²) in [5.74, 6) is -8.33. The number of nitrogens with zero attached hydrogens (tertiary/aromatic N) is 5. The van der Waals surface area contributed by atoms with E-state index < -0.39 is 127 Å². The lowest BCUT2D eigenvalue weighted by atomic mass is 10.0. The normalized spacial score (nSPS) is 19.2. The van der Waals surface area contributed by atoms with Gasteiger partial charge >= 0.3 is 5.97 Å². The summed E-state index contributed by atoms with van der Waals surface area (Å²) < 4.78 is 0. The maximum absolute atomic E-state index is 14.1. The molecule has 8 amide bonds. The first-order valence-corrected chi connectivity index (χ1v) is 26.6. The van der Waals surface area contributed by atoms with Crippen molar-refractivity contribution in [2.75, 3.05) is 45.9 Å². The van der Waals surface area contributed by atoms with Crippen molar-refractivity contribution in [1.29, 1.82) is 0 Å². The molecule has 2 aromatic rings. The van der Waals surface area contributed by atoms with Crippen molar-refractivity contribution < 1.29 is 68.4 Å². The fourth-order valence-corrected chi connectivity index (χ4v) is 9.55. The molecule has 3 heterocycles. The number of nitrogens with one attached hydrogen (secondary N) is 5. The number of carboxylic acid groups (broad SMARTS) is 2. The molecule has 29 nitrogen and oxygen atoms in total. The van der Waals surface area contributed by atoms with E-state index in [1.54, 1.807) is 60.7 Å². The average Bonchev–Trinajstić information content (AvgIpc) is 4.22. The summed E-state index contributed by atoms with van der Waals surface area (Å²) in [4.78, 5) is 143. The molecule has 0 aromatic heterocycles. The lowest BCUT2D eigenvalue weighted by Crippen LogP contribution is -2.60. The van der Waals surface area contributed by atoms with Gasteiger partial charge in [-0.3, -0.25) is 53.1 Å². The van der Waals surface area contributed by atoms with E-state index in [4.69, 9.17) is 38.6 Å². The number of carbonyl (C=O) groups excluding carboxylic acids is 8. The van der Waals surface area contributed by atoms with Crippen molar-refractivity contribution in [2.24, 2.45) is 38.7 Å². The molecule has 9 unspecified atom stereocenters. The quantitative estimate of drug-likeness (QED) is 0.0226. The molecule has 2 aromatic carbocycles. The minimum absolute atomic E-state index is 0.0291. The molecule has 3 fully saturated rings. The Kier molecular flexibility index (Phi) is 26.2. The zero-order chi connectivity index (χ0) is 59.8. The fraction of sp³-hybridized carbons (Fsp3) is 0.538. The Bertz CT molecular complexity index is 2550. The predicted octanol–water partition coefficient (Wildman–Crippen LogP) is -4.93. The number of rotatable bonds is 27. The van der Waals surface area contributed by atoms with Crippen LogP contribution >= 0.6 is 0 Å². The molecular weight excluding hydrogens is 1060 g/mol. The highest BCUT2D eigenvalue weighted by Gasteiger charge is 2.46. The summed E-state index contributed by atoms with van der Waals surface area (Å²) in [6, 6.07) is 7.30. The molecular formula is C52H77N15O14. The number of guanidine groups is 2. The van der Waals surface area contributed by atoms with Crippen LogP contribution < -0.4 is 55.3 Å². The van der Waals surface area contributed by atoms with Crippen molar-refractivity contribution >= 4 is 71.1 Å². The van der Waals surface area contributed by atoms with Crippen LogP contribution in [0.4, 0.5) is 0 Å². The molecule has 19 N–H and O–H groups in total. The highest BCUT2D eigenvalue weighted by molar-refractivity contribution is 5.98. The molecule has 0 spiro atoms. The van der Waals surface area contributed by atoms with Gasteiger partial charge in [-0.25, -0.2) is 4.79 Å². The summed E-state index contributed by atoms with van der Waals surface area (Å²) >= 11 is 0. The van der Waals surface area contributed by atoms with Gasteiger partial charge in [-0.1, -0.05) is 60.7 Å². The predicted molar refractivity (Wildman–Crippen MR) is 292 cm³/mol. The first kappa shape index (κ1) is 65.1. The molecule has 0 bridgehead atoms. The second-order valence-electron chi connectivity index (χ2n) is 19.7. The number of hydrogen-bond acceptors (Lipinski definition) is 15. The molecule has 444 valence electrons. The Morgan fingerprint density at radius 3 is 1.64 bits per heavy atom. The number of likely N-dealkylation sites (tertiary alicyclic amines) is 3. The van der Waals surface area contributed by atoms with E-state index in [0.29, 0.717) is 36.8 Å². The van der Waals surface area contributed by atoms with Gasteiger partial charge in [0.2, 0.25) is 47.3 Å². The van der Waals surface area contributed by atoms with Crippen LogP contribution in [0.25, 0.3) is 0 Å². The number of aliphatic hydroxyl groups is 2. The SMILES string of the molecule is CC(=O)O.NC(N)=NCCCC(N)C(=O)N1CCCC1C(=O)N1CC(O)CC1C(=O)NCC(=O)NC(Cc1ccccc1)C(=O)NC(CO)C(=O)N1CCCC1C(=O)NC(Cc1ccccc1)C(=O)NC(CCCN=C(N)N)C(=O)O. The summed E-state index contributed by atoms with van der Waals surface area (Å²) in [7, 11) is 0. The zero-order valence-electron chi connectivity index (χ0n) is 45.2. The first-order valence-electron chi connectivity index (χ1n) is 26.6. The Labute approximate surface area is 467 Å². The van der Waals surface area contributed by atoms with Crippen molar-refractivity contribution in [3.05, 3.63) is 71.8 Å². The second kappa shape index (κ2) is 32.6. The van der Waals surface area contributed by atoms with Crippen LogP contribution in [0.15, 0.2) is 70.6 Å². The van der Waals surface area contributed by atoms with Gasteiger partial charge in [0, 0.05) is 58.9 Å². The summed E-state index contributed by atoms with van der Waals surface area (Å²) in [5.41, 5.74) is 28.9. The third-order valence-corrected chi connectivity index (χ3v) is 13.4. The third kappa shape index (κ3) is 20.9. The van der Waals surface area contributed by atoms with Crippen LogP contribution in [0, 0.1) is 0 Å². The number of hydrogen-bond donors (Lipinski definition) is 14. The van der Waals surface area contributed by atoms with E-state index in [9.17, 15) is 58.5 Å². The van der Waals surface area contributed by atoms with E-state index in [-0.39, 0.29) is 89.6 Å². The molecule has 81 heavy (non-hydrogen) atoms. The molecule has 0 radical (unpaired) electrons. The van der Waals surface area contributed by atoms with Gasteiger partial charge in [0.15, 0.2) is 11.9 Å². The minimum Gasteiger partial charge on any atom is -0.481 e. The van der Waals surface area contributed by atoms with E-state index in [1.165, 1.54) is 14.7 Å². The van der Waals surface area contributed by atoms with Gasteiger partial charge in [-0.2, -0.15) is 0 Å². The van der Waals surface area contributed by atoms with Crippen molar-refractivity contribution in [2.45, 2.75) is 132 Å². The molecule has 29 heteroatoms. The Morgan fingerprint density at radius 2 is 1.12 bits per heavy atom. The van der Waals surface area contributed by atoms with Crippen LogP contribution in [-0.2, 0) is 60.8 Å². The largest absolute Gasteiger partial charge is 0.481 e. The maximum atomic E-state index is 14.1. The van der Waals surface area contributed by atoms with E-state index in [1.807, 2.05) is 0 Å². The topological polar surface area (TPSA) is 476 Å². The van der Waals surface area contributed by atoms with Crippen LogP contribution in [0.2, 0.25) is 0 Å². The molecule has 3 aliphatic heterocycles. The van der Waals surface area contributed by atoms with Gasteiger partial charge in [-0.05, 0) is 62.5 Å². The number of carboxylic acids is 2. The summed E-state index contributed by atoms with van der Waals surface area (Å²) in [6.45, 7) is -0.0464. The smallest absolute Gasteiger partial charge is 0.326 e. The standard InChI is InChI=1S/C50H73N15O12.C2H4O2/c51-32(15-7-19-56-49(52)53)45(73)64-22-10-18-38(64)47(75)65-27-31(67)25-39(65)43(71)58-26-40(68)59-34(23-29-11-3-1-4-12-29)41(69)62-36(28-66)46(74)63-21-9-17-37(63)44(72)61-35(24-30-13-5-2-6-14-30)42(70)60-33(48(76)77)16-8-20-57-50(54)55;1-2(3)4/h1-6,11-14,31-39,66-67H,7-10,15-28,51H2,(H,58,71)(H,59,68)(H,60,70)(H,61,72)(H,62,69)(H,76,77)(H4,52,53,56)(H4,54,55,57);1H3,(H,3,4). The first-order chi connectivity index (χ1) is 38.5. The number of nitrogens with two attached hydrogens (primary N) is 5. The van der Waals surface area contributed by atoms with E-state index in [2.05, 4.69) is 36.6 Å². The second-order valence-corrected chi connectivity index (χ2v) is 19.7. The van der Waals surface area contributed by atoms with Crippen molar-refractivity contribution in [1.82, 2.24) is 41.3 Å². The molecule has 5 rings (SSSR count). The maximum Gasteiger partial charge on any atom is 0.326 e. The molecule has 9 atom stereocenters. The van der Waals surface area contributed by atoms with Gasteiger partial charge in [0.25, 0.3) is 5.97 Å². The fourth-order valence-electron chi connectivity index (χ4n) is 9.55. The third-order valence-electron chi connectivity index (χ3n) is 13.4. The zero-order valence-corrected chi connectivity index (χ0v) is 45.2. The Morgan fingerprint density at radius 1 is 0.630 bits per heavy atom. The highest BCUT2D eigenvalue weighted by atomic mass is 16.4. The van der Waals surface area contributed by atoms with Gasteiger partial charge < -0.3 is 90.4 Å². The number of benzene rings is 2. The van der Waals surface area contributed by atoms with Crippen molar-refractivity contribution in [3.8, 4) is 0 Å². The van der Waals surface area contributed by atoms with Crippen molar-refractivity contribution in [3.63, 3.8) is 0 Å². The lowest BCUT2D eigenvalue weighted by Gasteiger charge is -2.32. The number of carbonyl (C=O) groups is 10. The van der Waals surface area contributed by atoms with Gasteiger partial charge in [0.05, 0.1) is 25.3 Å². The van der Waals surface area contributed by atoms with Gasteiger partial charge in [0.1, 0.15) is 42.3 Å². The van der Waals surface area contributed by atoms with Crippen LogP contribution in [0.3, 0.4) is 0 Å². The van der Waals surface area contributed by atoms with E-state index in [0.717, 1.165) is 6.92 Å².